The van der Waals surface area contributed by atoms with Gasteiger partial charge in [-0.3, -0.25) is 29.5 Å². The van der Waals surface area contributed by atoms with Crippen LogP contribution in [0, 0.1) is 10.1 Å². The van der Waals surface area contributed by atoms with Crippen LogP contribution in [0.2, 0.25) is 10.0 Å². The second-order valence-electron chi connectivity index (χ2n) is 7.48. The molecular weight excluding hydrogens is 483 g/mol. The van der Waals surface area contributed by atoms with Crippen LogP contribution in [0.15, 0.2) is 67.0 Å². The molecule has 0 N–H and O–H groups in total. The van der Waals surface area contributed by atoms with E-state index in [0.29, 0.717) is 16.3 Å². The topological polar surface area (TPSA) is 114 Å². The van der Waals surface area contributed by atoms with Gasteiger partial charge in [0.05, 0.1) is 17.0 Å². The van der Waals surface area contributed by atoms with E-state index in [1.165, 1.54) is 35.4 Å². The highest BCUT2D eigenvalue weighted by atomic mass is 35.5. The molecule has 1 unspecified atom stereocenters. The van der Waals surface area contributed by atoms with E-state index >= 15 is 0 Å². The molecule has 1 aliphatic rings. The number of aromatic nitrogens is 1. The number of carbonyl (C=O) groups is 3. The smallest absolute Gasteiger partial charge is 0.288 e. The number of nitro groups is 1. The monoisotopic (exact) mass is 498 g/mol. The summed E-state index contributed by atoms with van der Waals surface area (Å²) in [4.78, 5) is 56.5. The molecule has 1 aliphatic heterocycles. The van der Waals surface area contributed by atoms with E-state index in [9.17, 15) is 24.5 Å². The lowest BCUT2D eigenvalue weighted by atomic mass is 10.1. The quantitative estimate of drug-likeness (QED) is 0.284. The molecule has 0 bridgehead atoms. The molecule has 0 aliphatic carbocycles. The van der Waals surface area contributed by atoms with Gasteiger partial charge in [-0.05, 0) is 48.0 Å². The number of imide groups is 1. The van der Waals surface area contributed by atoms with E-state index in [2.05, 4.69) is 4.98 Å². The molecule has 0 spiro atoms. The van der Waals surface area contributed by atoms with Crippen LogP contribution in [-0.2, 0) is 16.1 Å². The molecule has 4 rings (SSSR count). The van der Waals surface area contributed by atoms with E-state index in [1.807, 2.05) is 0 Å². The SMILES string of the molecule is O=C1CC(N(Cc2cccnc2)C(=O)c2ccc(Cl)c([N+](=O)[O-])c2)C(=O)N1c1ccc(Cl)cc1. The summed E-state index contributed by atoms with van der Waals surface area (Å²) >= 11 is 11.8. The Morgan fingerprint density at radius 2 is 1.88 bits per heavy atom. The number of hydrogen-bond donors (Lipinski definition) is 0. The first-order valence-corrected chi connectivity index (χ1v) is 10.8. The van der Waals surface area contributed by atoms with Gasteiger partial charge in [0.1, 0.15) is 11.1 Å². The molecule has 1 fully saturated rings. The van der Waals surface area contributed by atoms with Crippen LogP contribution in [-0.4, -0.2) is 38.6 Å². The predicted molar refractivity (Wildman–Crippen MR) is 125 cm³/mol. The zero-order valence-corrected chi connectivity index (χ0v) is 18.9. The van der Waals surface area contributed by atoms with E-state index in [0.717, 1.165) is 11.0 Å². The van der Waals surface area contributed by atoms with E-state index in [1.54, 1.807) is 30.5 Å². The van der Waals surface area contributed by atoms with Gasteiger partial charge in [-0.1, -0.05) is 29.3 Å². The second kappa shape index (κ2) is 9.58. The lowest BCUT2D eigenvalue weighted by Crippen LogP contribution is -2.45. The third kappa shape index (κ3) is 4.61. The van der Waals surface area contributed by atoms with Crippen LogP contribution in [0.1, 0.15) is 22.3 Å². The van der Waals surface area contributed by atoms with Crippen LogP contribution in [0.4, 0.5) is 11.4 Å². The standard InChI is InChI=1S/C23H16Cl2N4O5/c24-16-4-6-17(7-5-16)28-21(30)11-20(23(28)32)27(13-14-2-1-9-26-12-14)22(31)15-3-8-18(25)19(10-15)29(33)34/h1-10,12,20H,11,13H2. The lowest BCUT2D eigenvalue weighted by Gasteiger charge is -2.28. The summed E-state index contributed by atoms with van der Waals surface area (Å²) in [6.45, 7) is -0.0404. The first kappa shape index (κ1) is 23.3. The highest BCUT2D eigenvalue weighted by Crippen LogP contribution is 2.30. The van der Waals surface area contributed by atoms with Crippen molar-refractivity contribution in [2.24, 2.45) is 0 Å². The molecule has 9 nitrogen and oxygen atoms in total. The third-order valence-electron chi connectivity index (χ3n) is 5.31. The Morgan fingerprint density at radius 3 is 2.53 bits per heavy atom. The van der Waals surface area contributed by atoms with Crippen molar-refractivity contribution in [2.75, 3.05) is 4.90 Å². The van der Waals surface area contributed by atoms with E-state index in [4.69, 9.17) is 23.2 Å². The number of hydrogen-bond acceptors (Lipinski definition) is 6. The number of carbonyl (C=O) groups excluding carboxylic acids is 3. The Kier molecular flexibility index (Phi) is 6.58. The number of pyridine rings is 1. The second-order valence-corrected chi connectivity index (χ2v) is 8.32. The van der Waals surface area contributed by atoms with Crippen molar-refractivity contribution in [1.82, 2.24) is 9.88 Å². The van der Waals surface area contributed by atoms with Crippen LogP contribution < -0.4 is 4.90 Å². The average Bonchev–Trinajstić information content (AvgIpc) is 3.12. The molecule has 1 atom stereocenters. The maximum atomic E-state index is 13.5. The van der Waals surface area contributed by atoms with Gasteiger partial charge < -0.3 is 4.90 Å². The molecule has 2 heterocycles. The number of anilines is 1. The molecule has 1 aromatic heterocycles. The van der Waals surface area contributed by atoms with E-state index in [-0.39, 0.29) is 23.6 Å². The van der Waals surface area contributed by atoms with Crippen molar-refractivity contribution in [3.63, 3.8) is 0 Å². The summed E-state index contributed by atoms with van der Waals surface area (Å²) in [5.41, 5.74) is 0.470. The van der Waals surface area contributed by atoms with Gasteiger partial charge >= 0.3 is 0 Å². The molecule has 2 aromatic carbocycles. The highest BCUT2D eigenvalue weighted by Gasteiger charge is 2.44. The van der Waals surface area contributed by atoms with Crippen LogP contribution in [0.5, 0.6) is 0 Å². The molecule has 1 saturated heterocycles. The van der Waals surface area contributed by atoms with E-state index < -0.39 is 34.4 Å². The van der Waals surface area contributed by atoms with Crippen LogP contribution >= 0.6 is 23.2 Å². The Hall–Kier alpha value is -3.82. The van der Waals surface area contributed by atoms with Gasteiger partial charge in [0.15, 0.2) is 0 Å². The first-order valence-electron chi connectivity index (χ1n) is 10.0. The van der Waals surface area contributed by atoms with Gasteiger partial charge in [0, 0.05) is 35.6 Å². The fourth-order valence-corrected chi connectivity index (χ4v) is 4.00. The summed E-state index contributed by atoms with van der Waals surface area (Å²) in [5, 5.41) is 11.6. The molecule has 34 heavy (non-hydrogen) atoms. The summed E-state index contributed by atoms with van der Waals surface area (Å²) < 4.78 is 0. The normalized spacial score (nSPS) is 15.5. The van der Waals surface area contributed by atoms with Gasteiger partial charge in [-0.15, -0.1) is 0 Å². The number of amides is 3. The lowest BCUT2D eigenvalue weighted by molar-refractivity contribution is -0.384. The molecule has 0 saturated carbocycles. The van der Waals surface area contributed by atoms with Crippen molar-refractivity contribution in [3.05, 3.63) is 98.3 Å². The number of benzene rings is 2. The zero-order valence-electron chi connectivity index (χ0n) is 17.4. The number of nitro benzene ring substituents is 1. The minimum atomic E-state index is -1.12. The van der Waals surface area contributed by atoms with Crippen LogP contribution in [0.3, 0.4) is 0 Å². The van der Waals surface area contributed by atoms with Gasteiger partial charge in [0.25, 0.3) is 17.5 Å². The summed E-state index contributed by atoms with van der Waals surface area (Å²) in [6, 6.07) is 12.1. The molecular formula is C23H16Cl2N4O5. The molecule has 0 radical (unpaired) electrons. The van der Waals surface area contributed by atoms with Crippen molar-refractivity contribution in [2.45, 2.75) is 19.0 Å². The first-order chi connectivity index (χ1) is 16.3. The number of halogens is 2. The maximum Gasteiger partial charge on any atom is 0.288 e. The Morgan fingerprint density at radius 1 is 1.15 bits per heavy atom. The Balaban J connectivity index is 1.72. The average molecular weight is 499 g/mol. The Labute approximate surface area is 203 Å². The van der Waals surface area contributed by atoms with Crippen molar-refractivity contribution >= 4 is 52.3 Å². The number of rotatable bonds is 6. The fraction of sp³-hybridized carbons (Fsp3) is 0.130. The van der Waals surface area contributed by atoms with Crippen LogP contribution in [0.25, 0.3) is 0 Å². The minimum absolute atomic E-state index is 0.0369. The summed E-state index contributed by atoms with van der Waals surface area (Å²) in [6.07, 6.45) is 2.84. The molecule has 3 aromatic rings. The summed E-state index contributed by atoms with van der Waals surface area (Å²) in [7, 11) is 0. The zero-order chi connectivity index (χ0) is 24.4. The molecule has 3 amide bonds. The predicted octanol–water partition coefficient (Wildman–Crippen LogP) is 4.27. The van der Waals surface area contributed by atoms with Crippen molar-refractivity contribution < 1.29 is 19.3 Å². The fourth-order valence-electron chi connectivity index (χ4n) is 3.68. The summed E-state index contributed by atoms with van der Waals surface area (Å²) in [5.74, 6) is -1.73. The van der Waals surface area contributed by atoms with Crippen molar-refractivity contribution in [1.29, 1.82) is 0 Å². The maximum absolute atomic E-state index is 13.5. The third-order valence-corrected chi connectivity index (χ3v) is 5.88. The van der Waals surface area contributed by atoms with Gasteiger partial charge in [-0.25, -0.2) is 4.90 Å². The largest absolute Gasteiger partial charge is 0.322 e. The van der Waals surface area contributed by atoms with Gasteiger partial charge in [-0.2, -0.15) is 0 Å². The number of nitrogens with zero attached hydrogens (tertiary/aromatic N) is 4. The van der Waals surface area contributed by atoms with Crippen molar-refractivity contribution in [3.8, 4) is 0 Å². The minimum Gasteiger partial charge on any atom is -0.322 e. The highest BCUT2D eigenvalue weighted by molar-refractivity contribution is 6.33. The Bertz CT molecular complexity index is 1280. The van der Waals surface area contributed by atoms with Gasteiger partial charge in [0.2, 0.25) is 5.91 Å². The molecule has 11 heteroatoms. The molecule has 172 valence electrons.